The molecule has 0 bridgehead atoms. The summed E-state index contributed by atoms with van der Waals surface area (Å²) in [4.78, 5) is 1.35. The van der Waals surface area contributed by atoms with Crippen molar-refractivity contribution in [3.63, 3.8) is 0 Å². The zero-order valence-electron chi connectivity index (χ0n) is 11.6. The molecule has 1 N–H and O–H groups in total. The van der Waals surface area contributed by atoms with E-state index in [0.29, 0.717) is 12.5 Å². The average molecular weight is 298 g/mol. The van der Waals surface area contributed by atoms with Crippen LogP contribution in [0.3, 0.4) is 0 Å². The Kier molecular flexibility index (Phi) is 5.22. The molecule has 0 fully saturated rings. The lowest BCUT2D eigenvalue weighted by Crippen LogP contribution is -2.19. The van der Waals surface area contributed by atoms with E-state index in [9.17, 15) is 0 Å². The summed E-state index contributed by atoms with van der Waals surface area (Å²) in [5, 5.41) is 5.50. The number of ether oxygens (including phenoxy) is 1. The van der Waals surface area contributed by atoms with Crippen molar-refractivity contribution < 1.29 is 4.74 Å². The maximum Gasteiger partial charge on any atom is 0.0730 e. The number of rotatable bonds is 6. The Morgan fingerprint density at radius 2 is 2.16 bits per heavy atom. The number of benzene rings is 1. The second-order valence-corrected chi connectivity index (χ2v) is 6.68. The molecule has 0 aliphatic rings. The lowest BCUT2D eigenvalue weighted by atomic mass is 10.1. The van der Waals surface area contributed by atoms with Gasteiger partial charge in [-0.15, -0.1) is 11.3 Å². The van der Waals surface area contributed by atoms with E-state index in [1.54, 1.807) is 7.11 Å². The Bertz CT molecular complexity index is 550. The van der Waals surface area contributed by atoms with E-state index < -0.39 is 0 Å². The van der Waals surface area contributed by atoms with Crippen LogP contribution in [-0.2, 0) is 17.9 Å². The Hall–Kier alpha value is -0.610. The molecule has 0 saturated carbocycles. The monoisotopic (exact) mass is 297 g/mol. The van der Waals surface area contributed by atoms with Crippen molar-refractivity contribution in [1.29, 1.82) is 0 Å². The van der Waals surface area contributed by atoms with Gasteiger partial charge >= 0.3 is 0 Å². The quantitative estimate of drug-likeness (QED) is 0.851. The molecule has 0 saturated heterocycles. The number of fused-ring (bicyclic) bond motifs is 1. The molecule has 4 heteroatoms. The fourth-order valence-corrected chi connectivity index (χ4v) is 3.42. The van der Waals surface area contributed by atoms with Gasteiger partial charge in [0.15, 0.2) is 0 Å². The van der Waals surface area contributed by atoms with E-state index in [1.165, 1.54) is 20.5 Å². The topological polar surface area (TPSA) is 21.3 Å². The summed E-state index contributed by atoms with van der Waals surface area (Å²) in [6, 6.07) is 6.07. The van der Waals surface area contributed by atoms with E-state index >= 15 is 0 Å². The fraction of sp³-hybridized carbons (Fsp3) is 0.467. The van der Waals surface area contributed by atoms with Crippen molar-refractivity contribution >= 4 is 33.0 Å². The fourth-order valence-electron chi connectivity index (χ4n) is 2.09. The first-order chi connectivity index (χ1) is 9.11. The van der Waals surface area contributed by atoms with E-state index in [1.807, 2.05) is 23.5 Å². The van der Waals surface area contributed by atoms with E-state index in [0.717, 1.165) is 18.1 Å². The van der Waals surface area contributed by atoms with Crippen molar-refractivity contribution in [3.05, 3.63) is 33.7 Å². The molecule has 0 unspecified atom stereocenters. The van der Waals surface area contributed by atoms with Crippen molar-refractivity contribution in [1.82, 2.24) is 5.32 Å². The van der Waals surface area contributed by atoms with Gasteiger partial charge in [0.1, 0.15) is 0 Å². The number of thiophene rings is 1. The zero-order valence-corrected chi connectivity index (χ0v) is 13.2. The van der Waals surface area contributed by atoms with Gasteiger partial charge in [0.2, 0.25) is 0 Å². The predicted molar refractivity (Wildman–Crippen MR) is 84.1 cm³/mol. The molecule has 19 heavy (non-hydrogen) atoms. The first kappa shape index (κ1) is 14.8. The Morgan fingerprint density at radius 3 is 2.84 bits per heavy atom. The van der Waals surface area contributed by atoms with Crippen LogP contribution in [0.15, 0.2) is 18.2 Å². The van der Waals surface area contributed by atoms with Gasteiger partial charge in [0.25, 0.3) is 0 Å². The normalized spacial score (nSPS) is 11.6. The van der Waals surface area contributed by atoms with Gasteiger partial charge in [0, 0.05) is 33.8 Å². The van der Waals surface area contributed by atoms with Crippen molar-refractivity contribution in [2.75, 3.05) is 13.7 Å². The number of hydrogen-bond acceptors (Lipinski definition) is 3. The van der Waals surface area contributed by atoms with Crippen LogP contribution in [0, 0.1) is 5.92 Å². The summed E-state index contributed by atoms with van der Waals surface area (Å²) in [6.45, 7) is 7.00. The molecule has 1 aromatic carbocycles. The smallest absolute Gasteiger partial charge is 0.0730 e. The number of nitrogens with one attached hydrogen (secondary N) is 1. The van der Waals surface area contributed by atoms with Gasteiger partial charge in [-0.3, -0.25) is 0 Å². The summed E-state index contributed by atoms with van der Waals surface area (Å²) in [5.74, 6) is 0.662. The van der Waals surface area contributed by atoms with Crippen LogP contribution in [0.2, 0.25) is 5.02 Å². The zero-order chi connectivity index (χ0) is 13.8. The minimum absolute atomic E-state index is 0.638. The highest BCUT2D eigenvalue weighted by Crippen LogP contribution is 2.33. The van der Waals surface area contributed by atoms with Crippen molar-refractivity contribution in [2.24, 2.45) is 5.92 Å². The highest BCUT2D eigenvalue weighted by molar-refractivity contribution is 7.19. The van der Waals surface area contributed by atoms with Crippen molar-refractivity contribution in [3.8, 4) is 0 Å². The molecule has 0 spiro atoms. The molecule has 2 rings (SSSR count). The second-order valence-electron chi connectivity index (χ2n) is 5.10. The lowest BCUT2D eigenvalue weighted by Gasteiger charge is -2.08. The van der Waals surface area contributed by atoms with Crippen LogP contribution in [-0.4, -0.2) is 13.7 Å². The molecule has 104 valence electrons. The molecular formula is C15H20ClNOS. The van der Waals surface area contributed by atoms with Crippen molar-refractivity contribution in [2.45, 2.75) is 27.0 Å². The van der Waals surface area contributed by atoms with Gasteiger partial charge in [-0.2, -0.15) is 0 Å². The summed E-state index contributed by atoms with van der Waals surface area (Å²) >= 11 is 7.92. The number of methoxy groups -OCH3 is 1. The number of hydrogen-bond donors (Lipinski definition) is 1. The minimum Gasteiger partial charge on any atom is -0.380 e. The first-order valence-corrected chi connectivity index (χ1v) is 7.70. The third kappa shape index (κ3) is 3.69. The van der Waals surface area contributed by atoms with Gasteiger partial charge in [-0.1, -0.05) is 25.4 Å². The molecule has 0 aliphatic carbocycles. The van der Waals surface area contributed by atoms with E-state index in [-0.39, 0.29) is 0 Å². The van der Waals surface area contributed by atoms with Gasteiger partial charge in [-0.05, 0) is 36.0 Å². The summed E-state index contributed by atoms with van der Waals surface area (Å²) < 4.78 is 6.61. The van der Waals surface area contributed by atoms with Crippen LogP contribution >= 0.6 is 22.9 Å². The summed E-state index contributed by atoms with van der Waals surface area (Å²) in [6.07, 6.45) is 0. The van der Waals surface area contributed by atoms with E-state index in [4.69, 9.17) is 16.3 Å². The second kappa shape index (κ2) is 6.71. The lowest BCUT2D eigenvalue weighted by molar-refractivity contribution is 0.185. The Morgan fingerprint density at radius 1 is 1.37 bits per heavy atom. The molecule has 0 amide bonds. The van der Waals surface area contributed by atoms with Gasteiger partial charge < -0.3 is 10.1 Å². The van der Waals surface area contributed by atoms with Gasteiger partial charge in [0.05, 0.1) is 6.61 Å². The SMILES string of the molecule is COCc1c(CNCC(C)C)sc2ccc(Cl)cc12. The highest BCUT2D eigenvalue weighted by Gasteiger charge is 2.12. The van der Waals surface area contributed by atoms with Crippen LogP contribution in [0.4, 0.5) is 0 Å². The predicted octanol–water partition coefficient (Wildman–Crippen LogP) is 4.45. The standard InChI is InChI=1S/C15H20ClNOS/c1-10(2)7-17-8-15-13(9-18-3)12-6-11(16)4-5-14(12)19-15/h4-6,10,17H,7-9H2,1-3H3. The maximum atomic E-state index is 6.09. The number of halogens is 1. The Balaban J connectivity index is 2.28. The molecule has 0 radical (unpaired) electrons. The molecule has 1 heterocycles. The van der Waals surface area contributed by atoms with Gasteiger partial charge in [-0.25, -0.2) is 0 Å². The molecule has 1 aromatic heterocycles. The van der Waals surface area contributed by atoms with Crippen LogP contribution in [0.25, 0.3) is 10.1 Å². The first-order valence-electron chi connectivity index (χ1n) is 6.51. The largest absolute Gasteiger partial charge is 0.380 e. The van der Waals surface area contributed by atoms with E-state index in [2.05, 4.69) is 25.2 Å². The summed E-state index contributed by atoms with van der Waals surface area (Å²) in [7, 11) is 1.74. The van der Waals surface area contributed by atoms with Crippen LogP contribution in [0.5, 0.6) is 0 Å². The maximum absolute atomic E-state index is 6.09. The van der Waals surface area contributed by atoms with Crippen LogP contribution in [0.1, 0.15) is 24.3 Å². The highest BCUT2D eigenvalue weighted by atomic mass is 35.5. The Labute approximate surface area is 123 Å². The molecule has 0 aliphatic heterocycles. The molecule has 0 atom stereocenters. The third-order valence-corrected chi connectivity index (χ3v) is 4.41. The average Bonchev–Trinajstić information content (AvgIpc) is 2.68. The molecular weight excluding hydrogens is 278 g/mol. The van der Waals surface area contributed by atoms with Crippen LogP contribution < -0.4 is 5.32 Å². The minimum atomic E-state index is 0.638. The molecule has 2 aromatic rings. The third-order valence-electron chi connectivity index (χ3n) is 2.96. The summed E-state index contributed by atoms with van der Waals surface area (Å²) in [5.41, 5.74) is 1.27. The molecule has 2 nitrogen and oxygen atoms in total.